The van der Waals surface area contributed by atoms with E-state index < -0.39 is 12.0 Å². The van der Waals surface area contributed by atoms with Crippen LogP contribution in [0.4, 0.5) is 0 Å². The van der Waals surface area contributed by atoms with Gasteiger partial charge in [-0.2, -0.15) is 0 Å². The lowest BCUT2D eigenvalue weighted by atomic mass is 10.2. The minimum atomic E-state index is -1.00. The Morgan fingerprint density at radius 2 is 2.05 bits per heavy atom. The number of nitrogens with zero attached hydrogens (tertiary/aromatic N) is 2. The number of nitrogens with two attached hydrogens (primary N) is 2. The first kappa shape index (κ1) is 20.3. The lowest BCUT2D eigenvalue weighted by Crippen LogP contribution is -2.34. The van der Waals surface area contributed by atoms with Gasteiger partial charge in [0.2, 0.25) is 0 Å². The van der Waals surface area contributed by atoms with Gasteiger partial charge in [0.25, 0.3) is 0 Å². The van der Waals surface area contributed by atoms with E-state index in [4.69, 9.17) is 22.0 Å². The number of rotatable bonds is 5. The van der Waals surface area contributed by atoms with Crippen LogP contribution in [0.3, 0.4) is 0 Å². The molecule has 118 valence electrons. The van der Waals surface area contributed by atoms with Crippen LogP contribution >= 0.6 is 0 Å². The second-order valence-corrected chi connectivity index (χ2v) is 4.12. The summed E-state index contributed by atoms with van der Waals surface area (Å²) in [5.74, 6) is -0.221. The van der Waals surface area contributed by atoms with Gasteiger partial charge in [0, 0.05) is 34.7 Å². The van der Waals surface area contributed by atoms with Crippen LogP contribution in [0, 0.1) is 5.41 Å². The molecule has 0 fully saturated rings. The number of aliphatic imine (C=N–C) groups is 1. The third kappa shape index (κ3) is 12.4. The van der Waals surface area contributed by atoms with Gasteiger partial charge in [0.15, 0.2) is 11.9 Å². The van der Waals surface area contributed by atoms with Crippen LogP contribution in [0.1, 0.15) is 12.8 Å². The van der Waals surface area contributed by atoms with Crippen LogP contribution in [0.2, 0.25) is 0 Å². The van der Waals surface area contributed by atoms with Gasteiger partial charge < -0.3 is 32.1 Å². The Hall–Kier alpha value is -2.03. The molecule has 0 bridgehead atoms. The standard InChI is InChI=1S/C6H14N4O2.C5H13N3/c7-4(5(11)12)2-1-3-10-6(8)9;1-6-5(7-2)8(3)4/h4H,1-3,7H2,(H,11,12)(H4,8,9,10);1-4H3,(H,6,7). The summed E-state index contributed by atoms with van der Waals surface area (Å²) in [5.41, 5.74) is 10.2. The van der Waals surface area contributed by atoms with Crippen molar-refractivity contribution in [2.24, 2.45) is 16.5 Å². The lowest BCUT2D eigenvalue weighted by Gasteiger charge is -2.12. The molecule has 0 heterocycles. The van der Waals surface area contributed by atoms with Gasteiger partial charge in [0.05, 0.1) is 0 Å². The molecule has 0 amide bonds. The van der Waals surface area contributed by atoms with Crippen LogP contribution in [-0.4, -0.2) is 68.7 Å². The van der Waals surface area contributed by atoms with E-state index in [0.717, 1.165) is 5.96 Å². The van der Waals surface area contributed by atoms with Crippen molar-refractivity contribution in [3.63, 3.8) is 0 Å². The van der Waals surface area contributed by atoms with Crippen LogP contribution in [0.25, 0.3) is 0 Å². The SMILES string of the molecule is CN=C(NC)N(C)C.N=C(N)NCCCC(N)C(=O)O. The highest BCUT2D eigenvalue weighted by Crippen LogP contribution is 1.92. The Bertz CT molecular complexity index is 318. The van der Waals surface area contributed by atoms with Crippen LogP contribution in [0.15, 0.2) is 4.99 Å². The average Bonchev–Trinajstić information content (AvgIpc) is 2.35. The number of nitrogens with one attached hydrogen (secondary N) is 3. The Morgan fingerprint density at radius 1 is 1.50 bits per heavy atom. The Morgan fingerprint density at radius 3 is 2.30 bits per heavy atom. The molecule has 8 N–H and O–H groups in total. The second-order valence-electron chi connectivity index (χ2n) is 4.12. The number of carbonyl (C=O) groups is 1. The molecule has 9 heteroatoms. The predicted molar refractivity (Wildman–Crippen MR) is 80.9 cm³/mol. The van der Waals surface area contributed by atoms with E-state index >= 15 is 0 Å². The van der Waals surface area contributed by atoms with E-state index in [1.165, 1.54) is 0 Å². The average molecular weight is 289 g/mol. The topological polar surface area (TPSA) is 153 Å². The third-order valence-electron chi connectivity index (χ3n) is 2.18. The second kappa shape index (κ2) is 12.0. The number of carboxylic acid groups (broad SMARTS) is 1. The molecule has 0 saturated heterocycles. The van der Waals surface area contributed by atoms with Gasteiger partial charge in [-0.05, 0) is 12.8 Å². The summed E-state index contributed by atoms with van der Waals surface area (Å²) in [7, 11) is 7.49. The van der Waals surface area contributed by atoms with E-state index in [9.17, 15) is 4.79 Å². The van der Waals surface area contributed by atoms with Crippen molar-refractivity contribution >= 4 is 17.9 Å². The number of guanidine groups is 2. The van der Waals surface area contributed by atoms with Crippen molar-refractivity contribution < 1.29 is 9.90 Å². The largest absolute Gasteiger partial charge is 0.480 e. The molecule has 20 heavy (non-hydrogen) atoms. The molecule has 0 radical (unpaired) electrons. The van der Waals surface area contributed by atoms with Crippen molar-refractivity contribution in [3.05, 3.63) is 0 Å². The van der Waals surface area contributed by atoms with Crippen LogP contribution in [0.5, 0.6) is 0 Å². The maximum Gasteiger partial charge on any atom is 0.320 e. The van der Waals surface area contributed by atoms with E-state index in [0.29, 0.717) is 19.4 Å². The fraction of sp³-hybridized carbons (Fsp3) is 0.727. The quantitative estimate of drug-likeness (QED) is 0.203. The fourth-order valence-electron chi connectivity index (χ4n) is 1.20. The number of aliphatic carboxylic acids is 1. The summed E-state index contributed by atoms with van der Waals surface area (Å²) < 4.78 is 0. The zero-order valence-electron chi connectivity index (χ0n) is 12.6. The highest BCUT2D eigenvalue weighted by Gasteiger charge is 2.09. The fourth-order valence-corrected chi connectivity index (χ4v) is 1.20. The van der Waals surface area contributed by atoms with Gasteiger partial charge in [-0.1, -0.05) is 0 Å². The molecule has 1 unspecified atom stereocenters. The minimum Gasteiger partial charge on any atom is -0.480 e. The zero-order chi connectivity index (χ0) is 16.1. The van der Waals surface area contributed by atoms with Gasteiger partial charge in [-0.15, -0.1) is 0 Å². The molecular formula is C11H27N7O2. The molecule has 0 saturated carbocycles. The van der Waals surface area contributed by atoms with Gasteiger partial charge in [-0.25, -0.2) is 0 Å². The van der Waals surface area contributed by atoms with E-state index in [-0.39, 0.29) is 5.96 Å². The Balaban J connectivity index is 0. The Labute approximate surface area is 119 Å². The normalized spacial score (nSPS) is 11.8. The maximum atomic E-state index is 10.2. The highest BCUT2D eigenvalue weighted by atomic mass is 16.4. The number of hydrogen-bond acceptors (Lipinski definition) is 4. The smallest absolute Gasteiger partial charge is 0.320 e. The van der Waals surface area contributed by atoms with Gasteiger partial charge >= 0.3 is 5.97 Å². The van der Waals surface area contributed by atoms with Crippen molar-refractivity contribution in [2.75, 3.05) is 34.7 Å². The molecule has 0 rings (SSSR count). The van der Waals surface area contributed by atoms with Crippen LogP contribution < -0.4 is 22.1 Å². The summed E-state index contributed by atoms with van der Waals surface area (Å²) in [5, 5.41) is 20.6. The molecule has 0 aliphatic carbocycles. The molecule has 9 nitrogen and oxygen atoms in total. The van der Waals surface area contributed by atoms with Crippen molar-refractivity contribution in [2.45, 2.75) is 18.9 Å². The molecule has 0 spiro atoms. The van der Waals surface area contributed by atoms with E-state index in [1.807, 2.05) is 26.0 Å². The molecule has 0 aliphatic heterocycles. The zero-order valence-corrected chi connectivity index (χ0v) is 12.6. The third-order valence-corrected chi connectivity index (χ3v) is 2.18. The summed E-state index contributed by atoms with van der Waals surface area (Å²) in [4.78, 5) is 16.1. The molecule has 0 aromatic carbocycles. The van der Waals surface area contributed by atoms with E-state index in [2.05, 4.69) is 15.6 Å². The van der Waals surface area contributed by atoms with Gasteiger partial charge in [0.1, 0.15) is 6.04 Å². The molecule has 0 aromatic heterocycles. The summed E-state index contributed by atoms with van der Waals surface area (Å²) in [6, 6.07) is -0.821. The van der Waals surface area contributed by atoms with Gasteiger partial charge in [-0.3, -0.25) is 15.2 Å². The van der Waals surface area contributed by atoms with Crippen molar-refractivity contribution in [1.82, 2.24) is 15.5 Å². The molecular weight excluding hydrogens is 262 g/mol. The first-order chi connectivity index (χ1) is 9.26. The first-order valence-corrected chi connectivity index (χ1v) is 6.14. The summed E-state index contributed by atoms with van der Waals surface area (Å²) >= 11 is 0. The Kier molecular flexibility index (Phi) is 12.2. The number of hydrogen-bond donors (Lipinski definition) is 6. The number of carboxylic acids is 1. The molecule has 0 aromatic rings. The molecule has 1 atom stereocenters. The summed E-state index contributed by atoms with van der Waals surface area (Å²) in [6.07, 6.45) is 0.975. The predicted octanol–water partition coefficient (Wildman–Crippen LogP) is -1.59. The van der Waals surface area contributed by atoms with Crippen molar-refractivity contribution in [3.8, 4) is 0 Å². The van der Waals surface area contributed by atoms with Crippen molar-refractivity contribution in [1.29, 1.82) is 5.41 Å². The summed E-state index contributed by atoms with van der Waals surface area (Å²) in [6.45, 7) is 0.482. The minimum absolute atomic E-state index is 0.112. The first-order valence-electron chi connectivity index (χ1n) is 6.14. The van der Waals surface area contributed by atoms with Crippen LogP contribution in [-0.2, 0) is 4.79 Å². The highest BCUT2D eigenvalue weighted by molar-refractivity contribution is 5.78. The lowest BCUT2D eigenvalue weighted by molar-refractivity contribution is -0.138. The maximum absolute atomic E-state index is 10.2. The molecule has 0 aliphatic rings. The monoisotopic (exact) mass is 289 g/mol. The van der Waals surface area contributed by atoms with E-state index in [1.54, 1.807) is 7.05 Å².